The molecular weight excluding hydrogens is 218 g/mol. The molecule has 1 aliphatic heterocycles. The molecule has 1 rings (SSSR count). The Morgan fingerprint density at radius 1 is 1.40 bits per heavy atom. The van der Waals surface area contributed by atoms with Gasteiger partial charge in [0.2, 0.25) is 0 Å². The number of aliphatic hydroxyl groups excluding tert-OH is 1. The van der Waals surface area contributed by atoms with Crippen LogP contribution in [0.4, 0.5) is 0 Å². The molecule has 0 aromatic carbocycles. The number of hydrogen-bond donors (Lipinski definition) is 2. The Morgan fingerprint density at radius 3 is 2.80 bits per heavy atom. The van der Waals surface area contributed by atoms with Crippen molar-refractivity contribution in [3.8, 4) is 0 Å². The van der Waals surface area contributed by atoms with Crippen LogP contribution in [0.3, 0.4) is 0 Å². The molecule has 15 heavy (non-hydrogen) atoms. The fraction of sp³-hybridized carbons (Fsp3) is 1.00. The largest absolute Gasteiger partial charge is 0.394 e. The Kier molecular flexibility index (Phi) is 5.52. The molecule has 0 aromatic rings. The van der Waals surface area contributed by atoms with E-state index >= 15 is 0 Å². The Bertz CT molecular complexity index is 265. The van der Waals surface area contributed by atoms with Crippen LogP contribution in [0.2, 0.25) is 0 Å². The van der Waals surface area contributed by atoms with Crippen molar-refractivity contribution in [3.05, 3.63) is 0 Å². The van der Waals surface area contributed by atoms with Gasteiger partial charge in [-0.2, -0.15) is 0 Å². The van der Waals surface area contributed by atoms with E-state index in [2.05, 4.69) is 5.32 Å². The molecule has 1 atom stereocenters. The first-order valence-electron chi connectivity index (χ1n) is 5.27. The molecule has 0 saturated carbocycles. The van der Waals surface area contributed by atoms with Gasteiger partial charge in [-0.15, -0.1) is 0 Å². The maximum atomic E-state index is 11.4. The third kappa shape index (κ3) is 4.46. The van der Waals surface area contributed by atoms with Crippen molar-refractivity contribution >= 4 is 9.84 Å². The lowest BCUT2D eigenvalue weighted by Gasteiger charge is -2.10. The van der Waals surface area contributed by atoms with Crippen molar-refractivity contribution in [3.63, 3.8) is 0 Å². The molecule has 5 nitrogen and oxygen atoms in total. The molecule has 1 heterocycles. The summed E-state index contributed by atoms with van der Waals surface area (Å²) in [5.41, 5.74) is 0. The number of nitrogens with one attached hydrogen (secondary N) is 1. The van der Waals surface area contributed by atoms with Gasteiger partial charge >= 0.3 is 0 Å². The van der Waals surface area contributed by atoms with Crippen LogP contribution in [0.25, 0.3) is 0 Å². The van der Waals surface area contributed by atoms with Crippen molar-refractivity contribution in [2.45, 2.75) is 18.1 Å². The summed E-state index contributed by atoms with van der Waals surface area (Å²) in [5.74, 6) is 0.334. The van der Waals surface area contributed by atoms with Crippen molar-refractivity contribution in [2.75, 3.05) is 38.7 Å². The number of aliphatic hydroxyl groups is 1. The van der Waals surface area contributed by atoms with E-state index < -0.39 is 9.84 Å². The van der Waals surface area contributed by atoms with Gasteiger partial charge in [-0.3, -0.25) is 0 Å². The quantitative estimate of drug-likeness (QED) is 0.565. The third-order valence-corrected chi connectivity index (χ3v) is 4.77. The number of ether oxygens (including phenoxy) is 1. The highest BCUT2D eigenvalue weighted by molar-refractivity contribution is 7.92. The van der Waals surface area contributed by atoms with Crippen LogP contribution < -0.4 is 5.32 Å². The smallest absolute Gasteiger partial charge is 0.154 e. The minimum atomic E-state index is -2.83. The first-order valence-corrected chi connectivity index (χ1v) is 6.99. The van der Waals surface area contributed by atoms with Crippen LogP contribution in [0.15, 0.2) is 0 Å². The Morgan fingerprint density at radius 2 is 2.20 bits per heavy atom. The van der Waals surface area contributed by atoms with Crippen molar-refractivity contribution < 1.29 is 18.3 Å². The first-order chi connectivity index (χ1) is 7.17. The van der Waals surface area contributed by atoms with Gasteiger partial charge in [0.15, 0.2) is 9.84 Å². The normalized spacial score (nSPS) is 24.5. The second-order valence-corrected chi connectivity index (χ2v) is 6.07. The lowest BCUT2D eigenvalue weighted by Crippen LogP contribution is -2.32. The molecular formula is C9H19NO4S. The van der Waals surface area contributed by atoms with Gasteiger partial charge in [0.25, 0.3) is 0 Å². The van der Waals surface area contributed by atoms with Gasteiger partial charge in [-0.05, 0) is 12.8 Å². The van der Waals surface area contributed by atoms with Crippen LogP contribution in [0.5, 0.6) is 0 Å². The minimum Gasteiger partial charge on any atom is -0.394 e. The molecule has 1 fully saturated rings. The second-order valence-electron chi connectivity index (χ2n) is 3.67. The van der Waals surface area contributed by atoms with E-state index in [9.17, 15) is 8.42 Å². The molecule has 2 N–H and O–H groups in total. The summed E-state index contributed by atoms with van der Waals surface area (Å²) in [6.45, 7) is 2.02. The number of hydrogen-bond acceptors (Lipinski definition) is 5. The summed E-state index contributed by atoms with van der Waals surface area (Å²) >= 11 is 0. The Labute approximate surface area is 90.7 Å². The third-order valence-electron chi connectivity index (χ3n) is 2.49. The minimum absolute atomic E-state index is 0.0248. The zero-order valence-corrected chi connectivity index (χ0v) is 9.63. The van der Waals surface area contributed by atoms with E-state index in [1.807, 2.05) is 0 Å². The molecule has 0 radical (unpaired) electrons. The highest BCUT2D eigenvalue weighted by atomic mass is 32.2. The summed E-state index contributed by atoms with van der Waals surface area (Å²) in [6.07, 6.45) is 1.56. The molecule has 6 heteroatoms. The van der Waals surface area contributed by atoms with E-state index in [0.717, 1.165) is 12.8 Å². The molecule has 0 aromatic heterocycles. The summed E-state index contributed by atoms with van der Waals surface area (Å²) < 4.78 is 27.9. The topological polar surface area (TPSA) is 75.6 Å². The van der Waals surface area contributed by atoms with Gasteiger partial charge in [-0.25, -0.2) is 8.42 Å². The molecule has 0 bridgehead atoms. The van der Waals surface area contributed by atoms with E-state index in [-0.39, 0.29) is 11.9 Å². The highest BCUT2D eigenvalue weighted by Gasteiger charge is 2.30. The van der Waals surface area contributed by atoms with Crippen molar-refractivity contribution in [1.29, 1.82) is 0 Å². The zero-order chi connectivity index (χ0) is 11.1. The van der Waals surface area contributed by atoms with Gasteiger partial charge < -0.3 is 15.2 Å². The highest BCUT2D eigenvalue weighted by Crippen LogP contribution is 2.18. The van der Waals surface area contributed by atoms with Gasteiger partial charge in [0.1, 0.15) is 0 Å². The fourth-order valence-electron chi connectivity index (χ4n) is 1.66. The maximum Gasteiger partial charge on any atom is 0.154 e. The zero-order valence-electron chi connectivity index (χ0n) is 8.81. The van der Waals surface area contributed by atoms with Crippen LogP contribution in [-0.4, -0.2) is 57.4 Å². The summed E-state index contributed by atoms with van der Waals surface area (Å²) in [7, 11) is -2.83. The lowest BCUT2D eigenvalue weighted by molar-refractivity contribution is 0.0940. The van der Waals surface area contributed by atoms with Gasteiger partial charge in [0.05, 0.1) is 30.8 Å². The molecule has 90 valence electrons. The monoisotopic (exact) mass is 237 g/mol. The van der Waals surface area contributed by atoms with Gasteiger partial charge in [0, 0.05) is 13.1 Å². The van der Waals surface area contributed by atoms with Crippen LogP contribution in [0.1, 0.15) is 12.8 Å². The summed E-state index contributed by atoms with van der Waals surface area (Å²) in [5, 5.41) is 11.3. The Balaban J connectivity index is 2.05. The predicted molar refractivity (Wildman–Crippen MR) is 57.6 cm³/mol. The second kappa shape index (κ2) is 6.42. The van der Waals surface area contributed by atoms with Crippen LogP contribution in [-0.2, 0) is 14.6 Å². The SMILES string of the molecule is O=S1(=O)CCCC1CNCCOCCO. The van der Waals surface area contributed by atoms with E-state index in [1.54, 1.807) is 0 Å². The van der Waals surface area contributed by atoms with Gasteiger partial charge in [-0.1, -0.05) is 0 Å². The van der Waals surface area contributed by atoms with E-state index in [1.165, 1.54) is 0 Å². The Hall–Kier alpha value is -0.170. The molecule has 1 unspecified atom stereocenters. The molecule has 0 aliphatic carbocycles. The molecule has 0 spiro atoms. The van der Waals surface area contributed by atoms with E-state index in [0.29, 0.717) is 32.1 Å². The maximum absolute atomic E-state index is 11.4. The van der Waals surface area contributed by atoms with Crippen LogP contribution in [0, 0.1) is 0 Å². The van der Waals surface area contributed by atoms with Crippen molar-refractivity contribution in [2.24, 2.45) is 0 Å². The fourth-order valence-corrected chi connectivity index (χ4v) is 3.46. The molecule has 0 amide bonds. The van der Waals surface area contributed by atoms with Crippen molar-refractivity contribution in [1.82, 2.24) is 5.32 Å². The average molecular weight is 237 g/mol. The number of rotatable bonds is 7. The summed E-state index contributed by atoms with van der Waals surface area (Å²) in [6, 6.07) is 0. The first kappa shape index (κ1) is 12.9. The summed E-state index contributed by atoms with van der Waals surface area (Å²) in [4.78, 5) is 0. The van der Waals surface area contributed by atoms with Crippen LogP contribution >= 0.6 is 0 Å². The lowest BCUT2D eigenvalue weighted by atomic mass is 10.2. The molecule has 1 saturated heterocycles. The number of sulfone groups is 1. The van der Waals surface area contributed by atoms with E-state index in [4.69, 9.17) is 9.84 Å². The standard InChI is InChI=1S/C9H19NO4S/c11-4-6-14-5-3-10-8-9-2-1-7-15(9,12)13/h9-11H,1-8H2. The predicted octanol–water partition coefficient (Wildman–Crippen LogP) is -0.838. The molecule has 1 aliphatic rings. The average Bonchev–Trinajstić information content (AvgIpc) is 2.52.